The van der Waals surface area contributed by atoms with Crippen LogP contribution < -0.4 is 0 Å². The number of ether oxygens (including phenoxy) is 4. The summed E-state index contributed by atoms with van der Waals surface area (Å²) in [5.41, 5.74) is 0. The normalized spacial score (nSPS) is 10.0. The molecular weight excluding hydrogens is 344 g/mol. The molecule has 0 aromatic carbocycles. The van der Waals surface area contributed by atoms with Gasteiger partial charge in [-0.25, -0.2) is 19.2 Å². The zero-order chi connectivity index (χ0) is 20.2. The number of carbonyl (C=O) groups is 4. The van der Waals surface area contributed by atoms with E-state index in [0.717, 1.165) is 37.1 Å². The average Bonchev–Trinajstić information content (AvgIpc) is 2.62. The molecule has 0 spiro atoms. The highest BCUT2D eigenvalue weighted by atomic mass is 16.5. The summed E-state index contributed by atoms with van der Waals surface area (Å²) in [5.74, 6) is -2.10. The van der Waals surface area contributed by atoms with E-state index >= 15 is 0 Å². The molecule has 0 atom stereocenters. The van der Waals surface area contributed by atoms with Gasteiger partial charge in [-0.05, 0) is 26.7 Å². The molecule has 0 bridgehead atoms. The Balaban J connectivity index is 0. The molecule has 26 heavy (non-hydrogen) atoms. The Hall–Kier alpha value is -2.64. The molecule has 0 N–H and O–H groups in total. The summed E-state index contributed by atoms with van der Waals surface area (Å²) in [6.07, 6.45) is 5.77. The number of esters is 4. The number of hydrogen-bond acceptors (Lipinski definition) is 8. The van der Waals surface area contributed by atoms with Gasteiger partial charge in [-0.2, -0.15) is 0 Å². The quantitative estimate of drug-likeness (QED) is 0.326. The van der Waals surface area contributed by atoms with E-state index in [1.165, 1.54) is 0 Å². The van der Waals surface area contributed by atoms with Crippen molar-refractivity contribution in [3.05, 3.63) is 24.3 Å². The molecule has 0 aromatic rings. The number of hydrogen-bond donors (Lipinski definition) is 0. The number of carbonyl (C=O) groups excluding carboxylic acids is 4. The fraction of sp³-hybridized carbons (Fsp3) is 0.556. The Labute approximate surface area is 154 Å². The fourth-order valence-electron chi connectivity index (χ4n) is 1.15. The van der Waals surface area contributed by atoms with Crippen LogP contribution in [-0.4, -0.2) is 50.3 Å². The summed E-state index contributed by atoms with van der Waals surface area (Å²) in [5, 5.41) is 0. The molecule has 0 aliphatic heterocycles. The van der Waals surface area contributed by atoms with Crippen LogP contribution in [0, 0.1) is 0 Å². The number of rotatable bonds is 10. The van der Waals surface area contributed by atoms with Crippen LogP contribution in [0.15, 0.2) is 24.3 Å². The lowest BCUT2D eigenvalue weighted by Crippen LogP contribution is -2.05. The van der Waals surface area contributed by atoms with Gasteiger partial charge in [-0.15, -0.1) is 0 Å². The zero-order valence-corrected chi connectivity index (χ0v) is 15.8. The fourth-order valence-corrected chi connectivity index (χ4v) is 1.15. The van der Waals surface area contributed by atoms with Gasteiger partial charge in [0.25, 0.3) is 0 Å². The van der Waals surface area contributed by atoms with Crippen LogP contribution in [0.5, 0.6) is 0 Å². The Morgan fingerprint density at radius 2 is 0.808 bits per heavy atom. The predicted molar refractivity (Wildman–Crippen MR) is 94.0 cm³/mol. The molecule has 0 saturated carbocycles. The maximum Gasteiger partial charge on any atom is 0.331 e. The first-order valence-corrected chi connectivity index (χ1v) is 8.44. The summed E-state index contributed by atoms with van der Waals surface area (Å²) < 4.78 is 18.5. The van der Waals surface area contributed by atoms with E-state index in [4.69, 9.17) is 9.47 Å². The largest absolute Gasteiger partial charge is 0.463 e. The first-order valence-electron chi connectivity index (χ1n) is 8.44. The molecule has 0 unspecified atom stereocenters. The summed E-state index contributed by atoms with van der Waals surface area (Å²) in [4.78, 5) is 43.0. The molecule has 8 heteroatoms. The molecule has 0 rings (SSSR count). The van der Waals surface area contributed by atoms with Crippen molar-refractivity contribution in [1.82, 2.24) is 0 Å². The van der Waals surface area contributed by atoms with Crippen molar-refractivity contribution in [2.45, 2.75) is 40.5 Å². The van der Waals surface area contributed by atoms with Crippen molar-refractivity contribution in [2.75, 3.05) is 26.4 Å². The molecular formula is C18H28O8. The van der Waals surface area contributed by atoms with Gasteiger partial charge in [0.2, 0.25) is 0 Å². The second-order valence-corrected chi connectivity index (χ2v) is 4.51. The minimum atomic E-state index is -0.537. The van der Waals surface area contributed by atoms with Crippen LogP contribution in [0.4, 0.5) is 0 Å². The van der Waals surface area contributed by atoms with Crippen molar-refractivity contribution in [2.24, 2.45) is 0 Å². The van der Waals surface area contributed by atoms with E-state index in [2.05, 4.69) is 9.47 Å². The van der Waals surface area contributed by atoms with Crippen LogP contribution >= 0.6 is 0 Å². The lowest BCUT2D eigenvalue weighted by atomic mass is 10.5. The lowest BCUT2D eigenvalue weighted by molar-refractivity contribution is -0.140. The molecule has 148 valence electrons. The van der Waals surface area contributed by atoms with Crippen LogP contribution in [0.2, 0.25) is 0 Å². The van der Waals surface area contributed by atoms with Gasteiger partial charge in [-0.3, -0.25) is 0 Å². The summed E-state index contributed by atoms with van der Waals surface area (Å²) >= 11 is 0. The van der Waals surface area contributed by atoms with Gasteiger partial charge in [0, 0.05) is 24.3 Å². The molecule has 0 aromatic heterocycles. The molecule has 0 saturated heterocycles. The topological polar surface area (TPSA) is 105 Å². The van der Waals surface area contributed by atoms with Crippen molar-refractivity contribution >= 4 is 23.9 Å². The Bertz CT molecular complexity index is 438. The second-order valence-electron chi connectivity index (χ2n) is 4.51. The zero-order valence-electron chi connectivity index (χ0n) is 15.8. The maximum absolute atomic E-state index is 10.9. The molecule has 8 nitrogen and oxygen atoms in total. The summed E-state index contributed by atoms with van der Waals surface area (Å²) in [6, 6.07) is 0. The van der Waals surface area contributed by atoms with Gasteiger partial charge in [0.05, 0.1) is 26.4 Å². The molecule has 0 fully saturated rings. The van der Waals surface area contributed by atoms with Crippen molar-refractivity contribution in [3.8, 4) is 0 Å². The monoisotopic (exact) mass is 372 g/mol. The first kappa shape index (κ1) is 25.6. The third-order valence-electron chi connectivity index (χ3n) is 2.18. The third kappa shape index (κ3) is 19.4. The highest BCUT2D eigenvalue weighted by Gasteiger charge is 1.99. The van der Waals surface area contributed by atoms with Crippen LogP contribution in [0.25, 0.3) is 0 Å². The van der Waals surface area contributed by atoms with Crippen molar-refractivity contribution in [1.29, 1.82) is 0 Å². The van der Waals surface area contributed by atoms with Gasteiger partial charge >= 0.3 is 23.9 Å². The predicted octanol–water partition coefficient (Wildman–Crippen LogP) is 2.12. The van der Waals surface area contributed by atoms with E-state index < -0.39 is 23.9 Å². The summed E-state index contributed by atoms with van der Waals surface area (Å²) in [7, 11) is 0. The van der Waals surface area contributed by atoms with Gasteiger partial charge in [-0.1, -0.05) is 13.8 Å². The molecule has 0 radical (unpaired) electrons. The second kappa shape index (κ2) is 18.7. The molecule has 0 amide bonds. The SMILES string of the molecule is CCCOC(=O)/C=C/C(=O)OCCC.CCOC(=O)/C=C/C(=O)OCC. The Kier molecular flexibility index (Phi) is 18.4. The van der Waals surface area contributed by atoms with E-state index in [0.29, 0.717) is 26.4 Å². The van der Waals surface area contributed by atoms with E-state index in [-0.39, 0.29) is 0 Å². The van der Waals surface area contributed by atoms with Gasteiger partial charge in [0.15, 0.2) is 0 Å². The van der Waals surface area contributed by atoms with Crippen LogP contribution in [0.3, 0.4) is 0 Å². The lowest BCUT2D eigenvalue weighted by Gasteiger charge is -1.98. The summed E-state index contributed by atoms with van der Waals surface area (Å²) in [6.45, 7) is 8.50. The molecule has 0 heterocycles. The van der Waals surface area contributed by atoms with Crippen LogP contribution in [0.1, 0.15) is 40.5 Å². The minimum Gasteiger partial charge on any atom is -0.463 e. The highest BCUT2D eigenvalue weighted by Crippen LogP contribution is 1.88. The standard InChI is InChI=1S/C10H16O4.C8H12O4/c1-3-7-13-9(11)5-6-10(12)14-8-4-2;1-3-11-7(9)5-6-8(10)12-4-2/h5-6H,3-4,7-8H2,1-2H3;5-6H,3-4H2,1-2H3/b2*6-5+. The Morgan fingerprint density at radius 1 is 0.538 bits per heavy atom. The third-order valence-corrected chi connectivity index (χ3v) is 2.18. The maximum atomic E-state index is 10.9. The molecule has 0 aliphatic carbocycles. The van der Waals surface area contributed by atoms with E-state index in [9.17, 15) is 19.2 Å². The average molecular weight is 372 g/mol. The van der Waals surface area contributed by atoms with Crippen molar-refractivity contribution in [3.63, 3.8) is 0 Å². The van der Waals surface area contributed by atoms with Gasteiger partial charge < -0.3 is 18.9 Å². The first-order chi connectivity index (χ1) is 12.4. The van der Waals surface area contributed by atoms with Gasteiger partial charge in [0.1, 0.15) is 0 Å². The van der Waals surface area contributed by atoms with E-state index in [1.54, 1.807) is 13.8 Å². The molecule has 0 aliphatic rings. The smallest absolute Gasteiger partial charge is 0.331 e. The van der Waals surface area contributed by atoms with Crippen molar-refractivity contribution < 1.29 is 38.1 Å². The minimum absolute atomic E-state index is 0.298. The van der Waals surface area contributed by atoms with E-state index in [1.807, 2.05) is 13.8 Å². The highest BCUT2D eigenvalue weighted by molar-refractivity contribution is 5.92. The Morgan fingerprint density at radius 3 is 1.04 bits per heavy atom. The van der Waals surface area contributed by atoms with Crippen LogP contribution in [-0.2, 0) is 38.1 Å².